The van der Waals surface area contributed by atoms with Crippen molar-refractivity contribution in [1.29, 1.82) is 0 Å². The van der Waals surface area contributed by atoms with Crippen molar-refractivity contribution in [3.8, 4) is 28.3 Å². The lowest BCUT2D eigenvalue weighted by atomic mass is 10.00. The minimum absolute atomic E-state index is 0.701. The molecule has 12 aromatic rings. The van der Waals surface area contributed by atoms with Gasteiger partial charge in [-0.3, -0.25) is 4.57 Å². The van der Waals surface area contributed by atoms with Gasteiger partial charge in [0, 0.05) is 43.3 Å². The van der Waals surface area contributed by atoms with Crippen molar-refractivity contribution in [1.82, 2.24) is 23.9 Å². The summed E-state index contributed by atoms with van der Waals surface area (Å²) in [4.78, 5) is 15.2. The molecule has 0 N–H and O–H groups in total. The van der Waals surface area contributed by atoms with E-state index in [-0.39, 0.29) is 0 Å². The molecule has 0 atom stereocenters. The summed E-state index contributed by atoms with van der Waals surface area (Å²) in [7, 11) is 0. The Morgan fingerprint density at radius 3 is 1.94 bits per heavy atom. The fourth-order valence-corrected chi connectivity index (χ4v) is 9.23. The second-order valence-corrected chi connectivity index (χ2v) is 14.1. The van der Waals surface area contributed by atoms with Crippen LogP contribution in [0.4, 0.5) is 0 Å². The van der Waals surface area contributed by atoms with Crippen LogP contribution in [-0.4, -0.2) is 23.9 Å². The van der Waals surface area contributed by atoms with Crippen molar-refractivity contribution < 1.29 is 0 Å². The van der Waals surface area contributed by atoms with Gasteiger partial charge in [-0.15, -0.1) is 11.3 Å². The third kappa shape index (κ3) is 3.66. The number of fused-ring (bicyclic) bond motifs is 12. The number of benzene rings is 7. The average Bonchev–Trinajstić information content (AvgIpc) is 3.96. The van der Waals surface area contributed by atoms with E-state index in [0.717, 1.165) is 50.0 Å². The van der Waals surface area contributed by atoms with Crippen LogP contribution >= 0.6 is 11.3 Å². The molecule has 5 aromatic heterocycles. The molecule has 7 aromatic carbocycles. The van der Waals surface area contributed by atoms with E-state index in [0.29, 0.717) is 5.82 Å². The molecular formula is C45H25N5S. The lowest BCUT2D eigenvalue weighted by Crippen LogP contribution is -2.02. The third-order valence-electron chi connectivity index (χ3n) is 10.6. The largest absolute Gasteiger partial charge is 0.308 e. The van der Waals surface area contributed by atoms with Crippen LogP contribution in [0.25, 0.3) is 109 Å². The predicted molar refractivity (Wildman–Crippen MR) is 213 cm³/mol. The molecule has 5 nitrogen and oxygen atoms in total. The molecule has 0 bridgehead atoms. The van der Waals surface area contributed by atoms with Gasteiger partial charge in [0.15, 0.2) is 5.82 Å². The van der Waals surface area contributed by atoms with Crippen molar-refractivity contribution in [2.75, 3.05) is 0 Å². The van der Waals surface area contributed by atoms with Gasteiger partial charge >= 0.3 is 0 Å². The van der Waals surface area contributed by atoms with E-state index < -0.39 is 0 Å². The van der Waals surface area contributed by atoms with Crippen molar-refractivity contribution >= 4 is 92.4 Å². The molecule has 236 valence electrons. The highest BCUT2D eigenvalue weighted by atomic mass is 32.1. The zero-order chi connectivity index (χ0) is 33.2. The van der Waals surface area contributed by atoms with Gasteiger partial charge in [0.25, 0.3) is 0 Å². The normalized spacial score (nSPS) is 12.3. The Labute approximate surface area is 294 Å². The molecule has 12 rings (SSSR count). The molecule has 5 heterocycles. The molecule has 0 amide bonds. The Hall–Kier alpha value is -6.63. The molecule has 0 fully saturated rings. The van der Waals surface area contributed by atoms with Crippen molar-refractivity contribution in [3.63, 3.8) is 0 Å². The van der Waals surface area contributed by atoms with Crippen LogP contribution < -0.4 is 0 Å². The maximum atomic E-state index is 5.35. The van der Waals surface area contributed by atoms with Gasteiger partial charge in [0.1, 0.15) is 5.82 Å². The lowest BCUT2D eigenvalue weighted by molar-refractivity contribution is 1.08. The van der Waals surface area contributed by atoms with E-state index in [1.807, 2.05) is 5.51 Å². The van der Waals surface area contributed by atoms with Crippen LogP contribution in [0.2, 0.25) is 0 Å². The molecule has 0 radical (unpaired) electrons. The summed E-state index contributed by atoms with van der Waals surface area (Å²) in [6, 6.07) is 52.0. The van der Waals surface area contributed by atoms with Gasteiger partial charge in [-0.1, -0.05) is 91.0 Å². The summed E-state index contributed by atoms with van der Waals surface area (Å²) < 4.78 is 5.98. The predicted octanol–water partition coefficient (Wildman–Crippen LogP) is 11.8. The van der Waals surface area contributed by atoms with Crippen LogP contribution in [-0.2, 0) is 0 Å². The maximum absolute atomic E-state index is 5.35. The number of hydrogen-bond donors (Lipinski definition) is 0. The van der Waals surface area contributed by atoms with E-state index in [9.17, 15) is 0 Å². The summed E-state index contributed by atoms with van der Waals surface area (Å²) in [5.74, 6) is 1.58. The second kappa shape index (κ2) is 9.97. The molecular weight excluding hydrogens is 643 g/mol. The van der Waals surface area contributed by atoms with Gasteiger partial charge in [-0.2, -0.15) is 0 Å². The van der Waals surface area contributed by atoms with Crippen LogP contribution in [0.5, 0.6) is 0 Å². The minimum Gasteiger partial charge on any atom is -0.308 e. The SMILES string of the molecule is c1cc(-c2ccc3c(c2)c2cc4ncsc4c4c5ccccc5n3c24)cc(-c2nc(-n3c4ccccc4c4ccccc43)c3ccccc3n2)c1. The topological polar surface area (TPSA) is 48.0 Å². The first-order chi connectivity index (χ1) is 25.3. The average molecular weight is 668 g/mol. The van der Waals surface area contributed by atoms with E-state index >= 15 is 0 Å². The van der Waals surface area contributed by atoms with Gasteiger partial charge < -0.3 is 4.40 Å². The van der Waals surface area contributed by atoms with E-state index in [1.165, 1.54) is 53.6 Å². The maximum Gasteiger partial charge on any atom is 0.162 e. The van der Waals surface area contributed by atoms with E-state index in [1.54, 1.807) is 11.3 Å². The number of thiazole rings is 1. The monoisotopic (exact) mass is 667 g/mol. The van der Waals surface area contributed by atoms with Crippen LogP contribution in [0.15, 0.2) is 151 Å². The molecule has 0 aliphatic carbocycles. The molecule has 0 unspecified atom stereocenters. The molecule has 0 spiro atoms. The Morgan fingerprint density at radius 2 is 1.12 bits per heavy atom. The first kappa shape index (κ1) is 27.2. The molecule has 0 aliphatic heterocycles. The third-order valence-corrected chi connectivity index (χ3v) is 11.4. The zero-order valence-electron chi connectivity index (χ0n) is 27.1. The highest BCUT2D eigenvalue weighted by Crippen LogP contribution is 2.45. The Bertz CT molecular complexity index is 3330. The number of rotatable bonds is 3. The van der Waals surface area contributed by atoms with Gasteiger partial charge in [0.2, 0.25) is 0 Å². The Kier molecular flexibility index (Phi) is 5.32. The summed E-state index contributed by atoms with van der Waals surface area (Å²) in [6.45, 7) is 0. The van der Waals surface area contributed by atoms with E-state index in [4.69, 9.17) is 15.0 Å². The van der Waals surface area contributed by atoms with Gasteiger partial charge in [-0.05, 0) is 65.7 Å². The quantitative estimate of drug-likeness (QED) is 0.188. The minimum atomic E-state index is 0.701. The first-order valence-electron chi connectivity index (χ1n) is 17.1. The molecule has 51 heavy (non-hydrogen) atoms. The van der Waals surface area contributed by atoms with Crippen molar-refractivity contribution in [2.45, 2.75) is 0 Å². The number of aromatic nitrogens is 5. The Morgan fingerprint density at radius 1 is 0.451 bits per heavy atom. The first-order valence-corrected chi connectivity index (χ1v) is 18.0. The van der Waals surface area contributed by atoms with Crippen LogP contribution in [0.1, 0.15) is 0 Å². The summed E-state index contributed by atoms with van der Waals surface area (Å²) in [6.07, 6.45) is 0. The summed E-state index contributed by atoms with van der Waals surface area (Å²) >= 11 is 1.72. The van der Waals surface area contributed by atoms with E-state index in [2.05, 4.69) is 155 Å². The van der Waals surface area contributed by atoms with Gasteiger partial charge in [-0.25, -0.2) is 15.0 Å². The summed E-state index contributed by atoms with van der Waals surface area (Å²) in [5.41, 5.74) is 13.2. The van der Waals surface area contributed by atoms with Crippen molar-refractivity contribution in [2.24, 2.45) is 0 Å². The van der Waals surface area contributed by atoms with Crippen LogP contribution in [0, 0.1) is 0 Å². The highest BCUT2D eigenvalue weighted by Gasteiger charge is 2.22. The number of nitrogens with zero attached hydrogens (tertiary/aromatic N) is 5. The molecule has 0 saturated carbocycles. The molecule has 0 saturated heterocycles. The van der Waals surface area contributed by atoms with Crippen molar-refractivity contribution in [3.05, 3.63) is 151 Å². The summed E-state index contributed by atoms with van der Waals surface area (Å²) in [5, 5.41) is 8.48. The fraction of sp³-hybridized carbons (Fsp3) is 0. The molecule has 0 aliphatic rings. The number of hydrogen-bond acceptors (Lipinski definition) is 4. The van der Waals surface area contributed by atoms with Gasteiger partial charge in [0.05, 0.1) is 48.8 Å². The smallest absolute Gasteiger partial charge is 0.162 e. The lowest BCUT2D eigenvalue weighted by Gasteiger charge is -2.13. The standard InChI is InChI=1S/C45H25N5S/c1-5-16-35-31(14-1)45(50-37-17-6-2-12-29(37)30-13-3-7-18-38(30)50)48-44(47-35)28-11-9-10-26(22-28)27-20-21-40-33(23-27)34-24-36-43(51-25-46-36)41-32-15-4-8-19-39(32)49(40)42(34)41/h1-25H. The second-order valence-electron chi connectivity index (χ2n) is 13.3. The Balaban J connectivity index is 1.07. The van der Waals surface area contributed by atoms with Crippen LogP contribution in [0.3, 0.4) is 0 Å². The zero-order valence-corrected chi connectivity index (χ0v) is 27.9. The number of para-hydroxylation sites is 4. The highest BCUT2D eigenvalue weighted by molar-refractivity contribution is 7.18. The molecule has 6 heteroatoms. The fourth-order valence-electron chi connectivity index (χ4n) is 8.40.